The van der Waals surface area contributed by atoms with E-state index in [1.165, 1.54) is 89.9 Å². The molecule has 0 aromatic rings. The lowest BCUT2D eigenvalue weighted by atomic mass is 10.0. The van der Waals surface area contributed by atoms with Crippen LogP contribution in [0, 0.1) is 0 Å². The summed E-state index contributed by atoms with van der Waals surface area (Å²) < 4.78 is 32.6. The van der Waals surface area contributed by atoms with Crippen molar-refractivity contribution in [2.45, 2.75) is 187 Å². The zero-order valence-electron chi connectivity index (χ0n) is 30.3. The Morgan fingerprint density at radius 2 is 1.06 bits per heavy atom. The molecule has 278 valence electrons. The van der Waals surface area contributed by atoms with Gasteiger partial charge in [-0.15, -0.1) is 0 Å². The van der Waals surface area contributed by atoms with E-state index in [1.54, 1.807) is 0 Å². The van der Waals surface area contributed by atoms with Gasteiger partial charge in [-0.3, -0.25) is 18.6 Å². The molecule has 0 aliphatic rings. The van der Waals surface area contributed by atoms with Gasteiger partial charge in [0.15, 0.2) is 6.10 Å². The number of carbonyl (C=O) groups is 2. The molecule has 2 atom stereocenters. The topological polar surface area (TPSA) is 134 Å². The van der Waals surface area contributed by atoms with Crippen LogP contribution in [0.4, 0.5) is 0 Å². The number of phosphoric ester groups is 1. The first-order valence-corrected chi connectivity index (χ1v) is 20.7. The number of phosphoric acid groups is 1. The van der Waals surface area contributed by atoms with Gasteiger partial charge in [-0.2, -0.15) is 0 Å². The highest BCUT2D eigenvalue weighted by Gasteiger charge is 2.25. The van der Waals surface area contributed by atoms with Crippen LogP contribution in [0.2, 0.25) is 0 Å². The van der Waals surface area contributed by atoms with E-state index in [9.17, 15) is 19.0 Å². The molecule has 0 bridgehead atoms. The zero-order valence-corrected chi connectivity index (χ0v) is 31.2. The second kappa shape index (κ2) is 34.6. The lowest BCUT2D eigenvalue weighted by Gasteiger charge is -2.19. The van der Waals surface area contributed by atoms with Crippen molar-refractivity contribution in [3.63, 3.8) is 0 Å². The van der Waals surface area contributed by atoms with Crippen molar-refractivity contribution in [1.29, 1.82) is 0 Å². The smallest absolute Gasteiger partial charge is 0.462 e. The molecule has 1 unspecified atom stereocenters. The molecule has 0 aliphatic heterocycles. The fraction of sp³-hybridized carbons (Fsp3) is 0.892. The van der Waals surface area contributed by atoms with Crippen molar-refractivity contribution in [2.24, 2.45) is 5.73 Å². The number of rotatable bonds is 36. The fourth-order valence-corrected chi connectivity index (χ4v) is 6.03. The quantitative estimate of drug-likeness (QED) is 0.0285. The van der Waals surface area contributed by atoms with Crippen LogP contribution in [0.1, 0.15) is 181 Å². The van der Waals surface area contributed by atoms with E-state index in [4.69, 9.17) is 24.3 Å². The second-order valence-electron chi connectivity index (χ2n) is 12.8. The van der Waals surface area contributed by atoms with E-state index in [1.807, 2.05) is 0 Å². The number of esters is 2. The summed E-state index contributed by atoms with van der Waals surface area (Å²) in [7, 11) is -4.36. The number of ether oxygens (including phenoxy) is 2. The molecule has 0 rings (SSSR count). The average Bonchev–Trinajstić information content (AvgIpc) is 3.05. The highest BCUT2D eigenvalue weighted by Crippen LogP contribution is 2.43. The molecule has 47 heavy (non-hydrogen) atoms. The van der Waals surface area contributed by atoms with Crippen LogP contribution >= 0.6 is 7.82 Å². The maximum absolute atomic E-state index is 12.5. The first kappa shape index (κ1) is 45.8. The molecule has 0 heterocycles. The average molecular weight is 690 g/mol. The molecular formula is C37H72NO8P. The third-order valence-electron chi connectivity index (χ3n) is 8.15. The van der Waals surface area contributed by atoms with Crippen molar-refractivity contribution in [1.82, 2.24) is 0 Å². The molecule has 0 radical (unpaired) electrons. The number of nitrogens with two attached hydrogens (primary N) is 1. The number of hydrogen-bond acceptors (Lipinski definition) is 8. The van der Waals surface area contributed by atoms with Gasteiger partial charge in [0.05, 0.1) is 13.2 Å². The Balaban J connectivity index is 4.20. The standard InChI is InChI=1S/C37H72NO8P/c1-3-5-7-9-11-13-15-16-17-18-20-22-24-26-28-30-37(40)46-35(34-45-47(41,42)44-32-31-38)33-43-36(39)29-27-25-23-21-19-14-12-10-8-6-4-2/h10,12,35H,3-9,11,13-34,38H2,1-2H3,(H,41,42)/b12-10+/t35-/m1/s1. The van der Waals surface area contributed by atoms with Gasteiger partial charge >= 0.3 is 19.8 Å². The van der Waals surface area contributed by atoms with Gasteiger partial charge in [-0.05, 0) is 32.1 Å². The summed E-state index contributed by atoms with van der Waals surface area (Å²) in [6.07, 6.45) is 32.4. The summed E-state index contributed by atoms with van der Waals surface area (Å²) in [5, 5.41) is 0. The Kier molecular flexibility index (Phi) is 33.7. The van der Waals surface area contributed by atoms with E-state index in [0.717, 1.165) is 57.8 Å². The summed E-state index contributed by atoms with van der Waals surface area (Å²) >= 11 is 0. The molecule has 0 fully saturated rings. The summed E-state index contributed by atoms with van der Waals surface area (Å²) in [5.74, 6) is -0.834. The van der Waals surface area contributed by atoms with Crippen molar-refractivity contribution in [3.8, 4) is 0 Å². The van der Waals surface area contributed by atoms with E-state index >= 15 is 0 Å². The zero-order chi connectivity index (χ0) is 34.7. The van der Waals surface area contributed by atoms with Crippen LogP contribution < -0.4 is 5.73 Å². The van der Waals surface area contributed by atoms with Crippen molar-refractivity contribution < 1.29 is 37.6 Å². The summed E-state index contributed by atoms with van der Waals surface area (Å²) in [5.41, 5.74) is 5.33. The largest absolute Gasteiger partial charge is 0.472 e. The van der Waals surface area contributed by atoms with Crippen LogP contribution in [0.5, 0.6) is 0 Å². The van der Waals surface area contributed by atoms with E-state index in [2.05, 4.69) is 26.0 Å². The first-order valence-electron chi connectivity index (χ1n) is 19.2. The molecular weight excluding hydrogens is 617 g/mol. The molecule has 9 nitrogen and oxygen atoms in total. The molecule has 0 amide bonds. The summed E-state index contributed by atoms with van der Waals surface area (Å²) in [6.45, 7) is 3.69. The van der Waals surface area contributed by atoms with Crippen LogP contribution in [0.3, 0.4) is 0 Å². The van der Waals surface area contributed by atoms with Gasteiger partial charge in [0.2, 0.25) is 0 Å². The Morgan fingerprint density at radius 1 is 0.617 bits per heavy atom. The lowest BCUT2D eigenvalue weighted by Crippen LogP contribution is -2.29. The van der Waals surface area contributed by atoms with Crippen molar-refractivity contribution >= 4 is 19.8 Å². The Morgan fingerprint density at radius 3 is 1.57 bits per heavy atom. The van der Waals surface area contributed by atoms with Crippen molar-refractivity contribution in [2.75, 3.05) is 26.4 Å². The predicted octanol–water partition coefficient (Wildman–Crippen LogP) is 10.3. The molecule has 3 N–H and O–H groups in total. The minimum Gasteiger partial charge on any atom is -0.462 e. The monoisotopic (exact) mass is 689 g/mol. The number of allylic oxidation sites excluding steroid dienone is 2. The Hall–Kier alpha value is -1.25. The number of carbonyl (C=O) groups excluding carboxylic acids is 2. The van der Waals surface area contributed by atoms with Gasteiger partial charge in [0.1, 0.15) is 6.61 Å². The van der Waals surface area contributed by atoms with Gasteiger partial charge in [-0.25, -0.2) is 4.57 Å². The van der Waals surface area contributed by atoms with E-state index in [-0.39, 0.29) is 38.6 Å². The van der Waals surface area contributed by atoms with Crippen molar-refractivity contribution in [3.05, 3.63) is 12.2 Å². The van der Waals surface area contributed by atoms with Gasteiger partial charge in [0, 0.05) is 19.4 Å². The van der Waals surface area contributed by atoms with Gasteiger partial charge < -0.3 is 20.1 Å². The van der Waals surface area contributed by atoms with Gasteiger partial charge in [0.25, 0.3) is 0 Å². The predicted molar refractivity (Wildman–Crippen MR) is 192 cm³/mol. The SMILES string of the molecule is CCCC/C=C/CCCCCCCC(=O)OC[C@H](COP(=O)(O)OCCN)OC(=O)CCCCCCCCCCCCCCCCC. The molecule has 0 aliphatic carbocycles. The molecule has 0 saturated heterocycles. The lowest BCUT2D eigenvalue weighted by molar-refractivity contribution is -0.161. The minimum atomic E-state index is -4.36. The van der Waals surface area contributed by atoms with Gasteiger partial charge in [-0.1, -0.05) is 148 Å². The number of unbranched alkanes of at least 4 members (excludes halogenated alkanes) is 21. The van der Waals surface area contributed by atoms with E-state index < -0.39 is 26.5 Å². The second-order valence-corrected chi connectivity index (χ2v) is 14.3. The highest BCUT2D eigenvalue weighted by atomic mass is 31.2. The Bertz CT molecular complexity index is 794. The van der Waals surface area contributed by atoms with Crippen LogP contribution in [0.25, 0.3) is 0 Å². The normalized spacial score (nSPS) is 13.5. The fourth-order valence-electron chi connectivity index (χ4n) is 5.26. The maximum Gasteiger partial charge on any atom is 0.472 e. The maximum atomic E-state index is 12.5. The molecule has 0 aromatic carbocycles. The highest BCUT2D eigenvalue weighted by molar-refractivity contribution is 7.47. The molecule has 10 heteroatoms. The summed E-state index contributed by atoms with van der Waals surface area (Å²) in [4.78, 5) is 34.7. The third-order valence-corrected chi connectivity index (χ3v) is 9.14. The summed E-state index contributed by atoms with van der Waals surface area (Å²) in [6, 6.07) is 0. The Labute approximate surface area is 288 Å². The molecule has 0 saturated carbocycles. The molecule has 0 spiro atoms. The third kappa shape index (κ3) is 34.4. The molecule has 0 aromatic heterocycles. The van der Waals surface area contributed by atoms with Crippen LogP contribution in [-0.4, -0.2) is 49.3 Å². The number of hydrogen-bond donors (Lipinski definition) is 2. The minimum absolute atomic E-state index is 0.0548. The van der Waals surface area contributed by atoms with E-state index in [0.29, 0.717) is 6.42 Å². The first-order chi connectivity index (χ1) is 22.8. The van der Waals surface area contributed by atoms with Crippen LogP contribution in [-0.2, 0) is 32.7 Å². The van der Waals surface area contributed by atoms with Crippen LogP contribution in [0.15, 0.2) is 12.2 Å².